The summed E-state index contributed by atoms with van der Waals surface area (Å²) >= 11 is 5.67. The van der Waals surface area contributed by atoms with E-state index in [-0.39, 0.29) is 10.8 Å². The molecule has 1 unspecified atom stereocenters. The number of nitrogens with one attached hydrogen (secondary N) is 1. The molecule has 0 bridgehead atoms. The van der Waals surface area contributed by atoms with E-state index in [1.165, 1.54) is 17.2 Å². The Balaban J connectivity index is 1.90. The van der Waals surface area contributed by atoms with Crippen LogP contribution in [0.1, 0.15) is 23.6 Å². The number of aryl methyl sites for hydroxylation is 1. The van der Waals surface area contributed by atoms with Crippen molar-refractivity contribution in [3.8, 4) is 0 Å². The lowest BCUT2D eigenvalue weighted by molar-refractivity contribution is 0.541. The Labute approximate surface area is 124 Å². The summed E-state index contributed by atoms with van der Waals surface area (Å²) in [5.74, 6) is -0.363. The Hall–Kier alpha value is -1.38. The second-order valence-corrected chi connectivity index (χ2v) is 5.57. The molecular weight excluding hydrogens is 273 g/mol. The van der Waals surface area contributed by atoms with Gasteiger partial charge in [0.2, 0.25) is 0 Å². The first-order valence-corrected chi connectivity index (χ1v) is 7.16. The SMILES string of the molecule is Cc1ccccc1CC(C)NCc1ccc(Cl)c(F)c1. The zero-order valence-corrected chi connectivity index (χ0v) is 12.5. The van der Waals surface area contributed by atoms with Crippen LogP contribution in [0.15, 0.2) is 42.5 Å². The third-order valence-corrected chi connectivity index (χ3v) is 3.73. The van der Waals surface area contributed by atoms with Gasteiger partial charge < -0.3 is 5.32 Å². The molecule has 0 amide bonds. The van der Waals surface area contributed by atoms with E-state index in [1.807, 2.05) is 12.1 Å². The average Bonchev–Trinajstić information content (AvgIpc) is 2.43. The molecule has 0 heterocycles. The predicted molar refractivity (Wildman–Crippen MR) is 82.6 cm³/mol. The van der Waals surface area contributed by atoms with E-state index < -0.39 is 0 Å². The molecule has 2 aromatic rings. The van der Waals surface area contributed by atoms with E-state index in [9.17, 15) is 4.39 Å². The quantitative estimate of drug-likeness (QED) is 0.855. The van der Waals surface area contributed by atoms with Gasteiger partial charge >= 0.3 is 0 Å². The highest BCUT2D eigenvalue weighted by molar-refractivity contribution is 6.30. The zero-order chi connectivity index (χ0) is 14.5. The Morgan fingerprint density at radius 1 is 1.20 bits per heavy atom. The number of rotatable bonds is 5. The third-order valence-electron chi connectivity index (χ3n) is 3.43. The van der Waals surface area contributed by atoms with E-state index in [0.717, 1.165) is 12.0 Å². The lowest BCUT2D eigenvalue weighted by Gasteiger charge is -2.15. The van der Waals surface area contributed by atoms with Crippen LogP contribution in [0.4, 0.5) is 4.39 Å². The number of hydrogen-bond acceptors (Lipinski definition) is 1. The molecule has 0 aromatic heterocycles. The molecule has 0 aliphatic carbocycles. The van der Waals surface area contributed by atoms with Crippen LogP contribution >= 0.6 is 11.6 Å². The summed E-state index contributed by atoms with van der Waals surface area (Å²) in [6.07, 6.45) is 0.961. The smallest absolute Gasteiger partial charge is 0.142 e. The second kappa shape index (κ2) is 6.87. The molecule has 2 aromatic carbocycles. The van der Waals surface area contributed by atoms with Crippen LogP contribution in [-0.2, 0) is 13.0 Å². The summed E-state index contributed by atoms with van der Waals surface area (Å²) in [7, 11) is 0. The van der Waals surface area contributed by atoms with Gasteiger partial charge in [-0.05, 0) is 49.1 Å². The second-order valence-electron chi connectivity index (χ2n) is 5.16. The van der Waals surface area contributed by atoms with Crippen LogP contribution in [0.3, 0.4) is 0 Å². The normalized spacial score (nSPS) is 12.4. The van der Waals surface area contributed by atoms with E-state index in [0.29, 0.717) is 12.6 Å². The van der Waals surface area contributed by atoms with Gasteiger partial charge in [-0.1, -0.05) is 41.9 Å². The molecule has 106 valence electrons. The number of halogens is 2. The van der Waals surface area contributed by atoms with Gasteiger partial charge in [0.05, 0.1) is 5.02 Å². The maximum Gasteiger partial charge on any atom is 0.142 e. The van der Waals surface area contributed by atoms with E-state index >= 15 is 0 Å². The molecule has 0 saturated carbocycles. The Bertz CT molecular complexity index is 583. The van der Waals surface area contributed by atoms with Gasteiger partial charge in [0, 0.05) is 12.6 Å². The van der Waals surface area contributed by atoms with Crippen LogP contribution in [-0.4, -0.2) is 6.04 Å². The van der Waals surface area contributed by atoms with E-state index in [1.54, 1.807) is 6.07 Å². The fourth-order valence-electron chi connectivity index (χ4n) is 2.18. The highest BCUT2D eigenvalue weighted by atomic mass is 35.5. The Morgan fingerprint density at radius 2 is 1.95 bits per heavy atom. The van der Waals surface area contributed by atoms with Crippen molar-refractivity contribution in [2.24, 2.45) is 0 Å². The molecule has 3 heteroatoms. The van der Waals surface area contributed by atoms with Crippen molar-refractivity contribution < 1.29 is 4.39 Å². The van der Waals surface area contributed by atoms with Crippen molar-refractivity contribution in [2.45, 2.75) is 32.9 Å². The molecular formula is C17H19ClFN. The van der Waals surface area contributed by atoms with Crippen molar-refractivity contribution in [3.05, 3.63) is 70.0 Å². The fraction of sp³-hybridized carbons (Fsp3) is 0.294. The minimum atomic E-state index is -0.363. The van der Waals surface area contributed by atoms with Gasteiger partial charge in [-0.25, -0.2) is 4.39 Å². The topological polar surface area (TPSA) is 12.0 Å². The fourth-order valence-corrected chi connectivity index (χ4v) is 2.30. The maximum absolute atomic E-state index is 13.3. The molecule has 0 saturated heterocycles. The van der Waals surface area contributed by atoms with Crippen molar-refractivity contribution in [3.63, 3.8) is 0 Å². The first kappa shape index (κ1) is 15.0. The van der Waals surface area contributed by atoms with Gasteiger partial charge in [-0.2, -0.15) is 0 Å². The van der Waals surface area contributed by atoms with E-state index in [2.05, 4.69) is 37.4 Å². The van der Waals surface area contributed by atoms with Crippen LogP contribution in [0.25, 0.3) is 0 Å². The summed E-state index contributed by atoms with van der Waals surface area (Å²) in [4.78, 5) is 0. The molecule has 20 heavy (non-hydrogen) atoms. The molecule has 0 spiro atoms. The molecule has 0 aliphatic rings. The van der Waals surface area contributed by atoms with Gasteiger partial charge in [0.15, 0.2) is 0 Å². The van der Waals surface area contributed by atoms with Crippen molar-refractivity contribution in [1.82, 2.24) is 5.32 Å². The highest BCUT2D eigenvalue weighted by Gasteiger charge is 2.06. The maximum atomic E-state index is 13.3. The monoisotopic (exact) mass is 291 g/mol. The summed E-state index contributed by atoms with van der Waals surface area (Å²) in [6, 6.07) is 13.6. The van der Waals surface area contributed by atoms with Gasteiger partial charge in [0.1, 0.15) is 5.82 Å². The zero-order valence-electron chi connectivity index (χ0n) is 11.8. The van der Waals surface area contributed by atoms with Crippen LogP contribution in [0.2, 0.25) is 5.02 Å². The molecule has 0 fully saturated rings. The van der Waals surface area contributed by atoms with Crippen molar-refractivity contribution in [2.75, 3.05) is 0 Å². The van der Waals surface area contributed by atoms with Gasteiger partial charge in [-0.15, -0.1) is 0 Å². The summed E-state index contributed by atoms with van der Waals surface area (Å²) in [5, 5.41) is 3.58. The predicted octanol–water partition coefficient (Wildman–Crippen LogP) is 4.51. The minimum Gasteiger partial charge on any atom is -0.310 e. The molecule has 1 atom stereocenters. The first-order chi connectivity index (χ1) is 9.56. The summed E-state index contributed by atoms with van der Waals surface area (Å²) < 4.78 is 13.3. The Kier molecular flexibility index (Phi) is 5.16. The van der Waals surface area contributed by atoms with Gasteiger partial charge in [-0.3, -0.25) is 0 Å². The largest absolute Gasteiger partial charge is 0.310 e. The van der Waals surface area contributed by atoms with Crippen LogP contribution < -0.4 is 5.32 Å². The molecule has 0 radical (unpaired) electrons. The van der Waals surface area contributed by atoms with Crippen molar-refractivity contribution >= 4 is 11.6 Å². The highest BCUT2D eigenvalue weighted by Crippen LogP contribution is 2.16. The average molecular weight is 292 g/mol. The van der Waals surface area contributed by atoms with E-state index in [4.69, 9.17) is 11.6 Å². The van der Waals surface area contributed by atoms with Crippen LogP contribution in [0, 0.1) is 12.7 Å². The summed E-state index contributed by atoms with van der Waals surface area (Å²) in [6.45, 7) is 4.90. The lowest BCUT2D eigenvalue weighted by Crippen LogP contribution is -2.27. The number of benzene rings is 2. The Morgan fingerprint density at radius 3 is 2.65 bits per heavy atom. The lowest BCUT2D eigenvalue weighted by atomic mass is 10.0. The van der Waals surface area contributed by atoms with Crippen LogP contribution in [0.5, 0.6) is 0 Å². The van der Waals surface area contributed by atoms with Crippen molar-refractivity contribution in [1.29, 1.82) is 0 Å². The first-order valence-electron chi connectivity index (χ1n) is 6.78. The molecule has 2 rings (SSSR count). The molecule has 1 N–H and O–H groups in total. The standard InChI is InChI=1S/C17H19ClFN/c1-12-5-3-4-6-15(12)9-13(2)20-11-14-7-8-16(18)17(19)10-14/h3-8,10,13,20H,9,11H2,1-2H3. The molecule has 0 aliphatic heterocycles. The van der Waals surface area contributed by atoms with Gasteiger partial charge in [0.25, 0.3) is 0 Å². The summed E-state index contributed by atoms with van der Waals surface area (Å²) in [5.41, 5.74) is 3.55. The minimum absolute atomic E-state index is 0.168. The molecule has 1 nitrogen and oxygen atoms in total. The third kappa shape index (κ3) is 4.06. The number of hydrogen-bond donors (Lipinski definition) is 1.